The quantitative estimate of drug-likeness (QED) is 0.373. The lowest BCUT2D eigenvalue weighted by Gasteiger charge is -2.48. The fraction of sp³-hybridized carbons (Fsp3) is 0.483. The minimum absolute atomic E-state index is 0.00827. The van der Waals surface area contributed by atoms with Crippen molar-refractivity contribution in [3.8, 4) is 17.1 Å². The smallest absolute Gasteiger partial charge is 0.319 e. The molecule has 2 aromatic heterocycles. The van der Waals surface area contributed by atoms with Crippen LogP contribution in [0.1, 0.15) is 31.2 Å². The number of aromatic amines is 1. The summed E-state index contributed by atoms with van der Waals surface area (Å²) in [6.07, 6.45) is 5.66. The first-order valence-electron chi connectivity index (χ1n) is 13.8. The number of ether oxygens (including phenoxy) is 1. The largest absolute Gasteiger partial charge is 0.460 e. The van der Waals surface area contributed by atoms with Crippen molar-refractivity contribution in [2.45, 2.75) is 38.7 Å². The van der Waals surface area contributed by atoms with Crippen molar-refractivity contribution in [1.29, 1.82) is 0 Å². The predicted molar refractivity (Wildman–Crippen MR) is 152 cm³/mol. The summed E-state index contributed by atoms with van der Waals surface area (Å²) in [4.78, 5) is 14.1. The molecule has 39 heavy (non-hydrogen) atoms. The van der Waals surface area contributed by atoms with Crippen LogP contribution in [0, 0.1) is 18.2 Å². The maximum atomic E-state index is 16.7. The van der Waals surface area contributed by atoms with Gasteiger partial charge in [-0.1, -0.05) is 17.7 Å². The second kappa shape index (κ2) is 9.57. The van der Waals surface area contributed by atoms with Gasteiger partial charge in [-0.3, -0.25) is 5.10 Å². The number of nitrogens with one attached hydrogen (secondary N) is 2. The van der Waals surface area contributed by atoms with Gasteiger partial charge in [0, 0.05) is 61.2 Å². The third kappa shape index (κ3) is 4.31. The minimum atomic E-state index is -0.456. The summed E-state index contributed by atoms with van der Waals surface area (Å²) in [7, 11) is 2.12. The number of nitrogens with zero attached hydrogens (tertiary/aromatic N) is 5. The molecule has 5 heterocycles. The van der Waals surface area contributed by atoms with Gasteiger partial charge in [0.1, 0.15) is 17.4 Å². The molecule has 4 aromatic rings. The summed E-state index contributed by atoms with van der Waals surface area (Å²) in [5, 5.41) is 12.4. The van der Waals surface area contributed by atoms with E-state index in [-0.39, 0.29) is 17.6 Å². The summed E-state index contributed by atoms with van der Waals surface area (Å²) in [6, 6.07) is 5.97. The Bertz CT molecular complexity index is 1550. The fourth-order valence-corrected chi connectivity index (χ4v) is 6.70. The van der Waals surface area contributed by atoms with E-state index in [0.717, 1.165) is 87.0 Å². The van der Waals surface area contributed by atoms with Crippen LogP contribution >= 0.6 is 11.6 Å². The van der Waals surface area contributed by atoms with Gasteiger partial charge in [0.2, 0.25) is 0 Å². The molecule has 3 aliphatic rings. The number of piperidine rings is 2. The first kappa shape index (κ1) is 25.0. The highest BCUT2D eigenvalue weighted by Gasteiger charge is 2.40. The Kier molecular flexibility index (Phi) is 6.13. The number of H-pyrrole nitrogens is 1. The third-order valence-electron chi connectivity index (χ3n) is 8.99. The van der Waals surface area contributed by atoms with E-state index >= 15 is 4.39 Å². The first-order chi connectivity index (χ1) is 18.9. The first-order valence-corrected chi connectivity index (χ1v) is 14.2. The molecule has 0 unspecified atom stereocenters. The summed E-state index contributed by atoms with van der Waals surface area (Å²) in [5.74, 6) is 0.249. The van der Waals surface area contributed by atoms with E-state index in [2.05, 4.69) is 37.3 Å². The molecule has 1 spiro atoms. The standard InChI is InChI=1S/C29H33ClFN7O/c1-17-3-4-22-20(14-33-36-22)23(17)24-21(30)13-19-26(25(24)31)34-28(39-18-5-9-37(2)10-6-18)35-27(19)38-11-7-29(8-12-38)15-32-16-29/h3-4,13-14,18,32H,5-12,15-16H2,1-2H3,(H,33,36). The highest BCUT2D eigenvalue weighted by molar-refractivity contribution is 6.35. The number of halogens is 2. The number of likely N-dealkylation sites (tertiary alicyclic amines) is 1. The number of hydrogen-bond acceptors (Lipinski definition) is 7. The molecule has 3 fully saturated rings. The van der Waals surface area contributed by atoms with Crippen molar-refractivity contribution in [3.05, 3.63) is 40.8 Å². The molecule has 3 aliphatic heterocycles. The monoisotopic (exact) mass is 549 g/mol. The van der Waals surface area contributed by atoms with Gasteiger partial charge < -0.3 is 19.9 Å². The number of hydrogen-bond donors (Lipinski definition) is 2. The molecule has 8 nitrogen and oxygen atoms in total. The highest BCUT2D eigenvalue weighted by atomic mass is 35.5. The molecule has 0 atom stereocenters. The Morgan fingerprint density at radius 1 is 1.05 bits per heavy atom. The maximum absolute atomic E-state index is 16.7. The van der Waals surface area contributed by atoms with Crippen LogP contribution < -0.4 is 15.0 Å². The Balaban J connectivity index is 1.36. The van der Waals surface area contributed by atoms with Crippen molar-refractivity contribution in [2.75, 3.05) is 51.2 Å². The molecule has 10 heteroatoms. The lowest BCUT2D eigenvalue weighted by molar-refractivity contribution is 0.105. The number of anilines is 1. The normalized spacial score (nSPS) is 20.2. The molecule has 0 amide bonds. The van der Waals surface area contributed by atoms with Gasteiger partial charge in [-0.2, -0.15) is 15.1 Å². The molecule has 2 aromatic carbocycles. The SMILES string of the molecule is Cc1ccc2[nH]ncc2c1-c1c(Cl)cc2c(N3CCC4(CC3)CNC4)nc(OC3CCN(C)CC3)nc2c1F. The van der Waals surface area contributed by atoms with E-state index < -0.39 is 5.82 Å². The molecule has 0 aliphatic carbocycles. The lowest BCUT2D eigenvalue weighted by atomic mass is 9.73. The zero-order chi connectivity index (χ0) is 26.7. The molecule has 0 saturated carbocycles. The van der Waals surface area contributed by atoms with E-state index in [4.69, 9.17) is 21.3 Å². The van der Waals surface area contributed by atoms with Gasteiger partial charge in [-0.05, 0) is 62.8 Å². The zero-order valence-electron chi connectivity index (χ0n) is 22.4. The van der Waals surface area contributed by atoms with Crippen LogP contribution in [0.3, 0.4) is 0 Å². The number of benzene rings is 2. The fourth-order valence-electron chi connectivity index (χ4n) is 6.42. The molecule has 7 rings (SSSR count). The second-order valence-corrected chi connectivity index (χ2v) is 12.0. The van der Waals surface area contributed by atoms with E-state index in [1.807, 2.05) is 25.1 Å². The summed E-state index contributed by atoms with van der Waals surface area (Å²) in [6.45, 7) is 7.72. The van der Waals surface area contributed by atoms with Crippen LogP contribution in [0.5, 0.6) is 6.01 Å². The van der Waals surface area contributed by atoms with E-state index in [9.17, 15) is 0 Å². The average Bonchev–Trinajstić information content (AvgIpc) is 3.39. The number of aryl methyl sites for hydroxylation is 1. The van der Waals surface area contributed by atoms with Crippen LogP contribution in [0.15, 0.2) is 24.4 Å². The van der Waals surface area contributed by atoms with E-state index in [0.29, 0.717) is 27.2 Å². The topological polar surface area (TPSA) is 82.2 Å². The Morgan fingerprint density at radius 2 is 1.82 bits per heavy atom. The molecule has 204 valence electrons. The van der Waals surface area contributed by atoms with Crippen LogP contribution in [0.25, 0.3) is 32.9 Å². The zero-order valence-corrected chi connectivity index (χ0v) is 23.1. The van der Waals surface area contributed by atoms with Gasteiger partial charge in [0.25, 0.3) is 0 Å². The van der Waals surface area contributed by atoms with Gasteiger partial charge in [0.05, 0.1) is 16.7 Å². The van der Waals surface area contributed by atoms with Crippen molar-refractivity contribution in [2.24, 2.45) is 5.41 Å². The van der Waals surface area contributed by atoms with Gasteiger partial charge in [-0.15, -0.1) is 0 Å². The highest BCUT2D eigenvalue weighted by Crippen LogP contribution is 2.43. The van der Waals surface area contributed by atoms with Crippen LogP contribution in [-0.4, -0.2) is 77.5 Å². The van der Waals surface area contributed by atoms with Crippen LogP contribution in [0.2, 0.25) is 5.02 Å². The van der Waals surface area contributed by atoms with Crippen molar-refractivity contribution < 1.29 is 9.13 Å². The third-order valence-corrected chi connectivity index (χ3v) is 9.28. The Hall–Kier alpha value is -3.01. The van der Waals surface area contributed by atoms with Crippen LogP contribution in [-0.2, 0) is 0 Å². The minimum Gasteiger partial charge on any atom is -0.460 e. The Morgan fingerprint density at radius 3 is 2.54 bits per heavy atom. The Labute approximate surface area is 231 Å². The molecular formula is C29H33ClFN7O. The van der Waals surface area contributed by atoms with Crippen LogP contribution in [0.4, 0.5) is 10.2 Å². The summed E-state index contributed by atoms with van der Waals surface area (Å²) in [5.41, 5.74) is 3.42. The van der Waals surface area contributed by atoms with E-state index in [1.54, 1.807) is 6.20 Å². The van der Waals surface area contributed by atoms with Crippen molar-refractivity contribution in [1.82, 2.24) is 30.4 Å². The lowest BCUT2D eigenvalue weighted by Crippen LogP contribution is -2.58. The number of rotatable bonds is 4. The molecule has 0 bridgehead atoms. The van der Waals surface area contributed by atoms with Crippen molar-refractivity contribution >= 4 is 39.2 Å². The van der Waals surface area contributed by atoms with Gasteiger partial charge in [0.15, 0.2) is 5.82 Å². The number of fused-ring (bicyclic) bond motifs is 2. The molecule has 2 N–H and O–H groups in total. The predicted octanol–water partition coefficient (Wildman–Crippen LogP) is 4.94. The average molecular weight is 550 g/mol. The van der Waals surface area contributed by atoms with Crippen molar-refractivity contribution in [3.63, 3.8) is 0 Å². The summed E-state index contributed by atoms with van der Waals surface area (Å²) >= 11 is 6.89. The second-order valence-electron chi connectivity index (χ2n) is 11.6. The maximum Gasteiger partial charge on any atom is 0.319 e. The van der Waals surface area contributed by atoms with Gasteiger partial charge in [-0.25, -0.2) is 4.39 Å². The van der Waals surface area contributed by atoms with Gasteiger partial charge >= 0.3 is 6.01 Å². The summed E-state index contributed by atoms with van der Waals surface area (Å²) < 4.78 is 23.0. The molecule has 0 radical (unpaired) electrons. The van der Waals surface area contributed by atoms with E-state index in [1.165, 1.54) is 0 Å². The molecular weight excluding hydrogens is 517 g/mol. The number of aromatic nitrogens is 4. The molecule has 3 saturated heterocycles.